The average Bonchev–Trinajstić information content (AvgIpc) is 3.50. The summed E-state index contributed by atoms with van der Waals surface area (Å²) in [6.07, 6.45) is 12.2. The molecule has 5 aliphatic rings. The van der Waals surface area contributed by atoms with Gasteiger partial charge in [-0.3, -0.25) is 14.4 Å². The van der Waals surface area contributed by atoms with Gasteiger partial charge in [0.05, 0.1) is 5.92 Å². The van der Waals surface area contributed by atoms with Crippen molar-refractivity contribution < 1.29 is 37.1 Å². The molecule has 3 fully saturated rings. The lowest BCUT2D eigenvalue weighted by molar-refractivity contribution is -0.146. The van der Waals surface area contributed by atoms with Crippen LogP contribution in [0.25, 0.3) is 0 Å². The van der Waals surface area contributed by atoms with Crippen molar-refractivity contribution >= 4 is 23.8 Å². The summed E-state index contributed by atoms with van der Waals surface area (Å²) in [6.45, 7) is 4.96. The highest BCUT2D eigenvalue weighted by Gasteiger charge is 2.42. The summed E-state index contributed by atoms with van der Waals surface area (Å²) in [5, 5.41) is 11.8. The Morgan fingerprint density at radius 3 is 2.27 bits per heavy atom. The zero-order valence-corrected chi connectivity index (χ0v) is 27.6. The van der Waals surface area contributed by atoms with Crippen LogP contribution in [0.3, 0.4) is 0 Å². The minimum absolute atomic E-state index is 0.0724. The number of rotatable bonds is 7. The molecule has 1 saturated carbocycles. The third-order valence-corrected chi connectivity index (χ3v) is 10.2. The predicted octanol–water partition coefficient (Wildman–Crippen LogP) is 5.83. The molecule has 3 aliphatic carbocycles. The zero-order valence-electron chi connectivity index (χ0n) is 27.6. The molecule has 0 radical (unpaired) electrons. The number of carbonyl (C=O) groups excluding carboxylic acids is 2. The minimum Gasteiger partial charge on any atom is -0.481 e. The highest BCUT2D eigenvalue weighted by molar-refractivity contribution is 5.94. The normalized spacial score (nSPS) is 23.7. The van der Waals surface area contributed by atoms with Crippen LogP contribution < -0.4 is 10.2 Å². The van der Waals surface area contributed by atoms with Crippen molar-refractivity contribution in [3.8, 4) is 0 Å². The Labute approximate surface area is 283 Å². The van der Waals surface area contributed by atoms with Gasteiger partial charge in [-0.1, -0.05) is 18.2 Å². The lowest BCUT2D eigenvalue weighted by atomic mass is 9.81. The van der Waals surface area contributed by atoms with Crippen molar-refractivity contribution in [2.75, 3.05) is 44.2 Å². The lowest BCUT2D eigenvalue weighted by Gasteiger charge is -2.39. The van der Waals surface area contributed by atoms with Crippen molar-refractivity contribution in [2.24, 2.45) is 17.8 Å². The number of nitrogens with zero attached hydrogens (tertiary/aromatic N) is 4. The third-order valence-electron chi connectivity index (χ3n) is 10.2. The summed E-state index contributed by atoms with van der Waals surface area (Å²) in [5.41, 5.74) is 4.87. The van der Waals surface area contributed by atoms with Gasteiger partial charge in [0.25, 0.3) is 11.9 Å². The maximum absolute atomic E-state index is 14.0. The van der Waals surface area contributed by atoms with Crippen molar-refractivity contribution in [3.63, 3.8) is 0 Å². The van der Waals surface area contributed by atoms with E-state index >= 15 is 0 Å². The molecule has 2 aliphatic heterocycles. The van der Waals surface area contributed by atoms with Crippen LogP contribution in [0.2, 0.25) is 0 Å². The maximum atomic E-state index is 14.0. The van der Waals surface area contributed by atoms with Crippen LogP contribution >= 0.6 is 0 Å². The maximum Gasteiger partial charge on any atom is 0.437 e. The molecule has 3 heterocycles. The van der Waals surface area contributed by atoms with E-state index in [0.717, 1.165) is 37.0 Å². The van der Waals surface area contributed by atoms with Gasteiger partial charge in [-0.25, -0.2) is 0 Å². The first-order valence-corrected chi connectivity index (χ1v) is 17.1. The number of allylic oxidation sites excluding steroid dienone is 8. The third kappa shape index (κ3) is 7.88. The highest BCUT2D eigenvalue weighted by atomic mass is 19.4. The Morgan fingerprint density at radius 2 is 1.63 bits per heavy atom. The summed E-state index contributed by atoms with van der Waals surface area (Å²) >= 11 is 0. The first kappa shape index (κ1) is 34.4. The van der Waals surface area contributed by atoms with Crippen LogP contribution in [-0.4, -0.2) is 76.9 Å². The molecule has 262 valence electrons. The number of oxazole rings is 1. The van der Waals surface area contributed by atoms with Crippen LogP contribution in [0, 0.1) is 17.8 Å². The Bertz CT molecular complexity index is 1640. The van der Waals surface area contributed by atoms with Crippen LogP contribution in [0.15, 0.2) is 69.1 Å². The number of hydrogen-bond donors (Lipinski definition) is 2. The number of piperidine rings is 1. The van der Waals surface area contributed by atoms with Crippen molar-refractivity contribution in [1.82, 2.24) is 20.1 Å². The van der Waals surface area contributed by atoms with Gasteiger partial charge in [-0.05, 0) is 81.9 Å². The highest BCUT2D eigenvalue weighted by Crippen LogP contribution is 2.36. The Morgan fingerprint density at radius 1 is 0.939 bits per heavy atom. The number of carboxylic acid groups (broad SMARTS) is 1. The molecule has 10 nitrogen and oxygen atoms in total. The van der Waals surface area contributed by atoms with Gasteiger partial charge in [0.15, 0.2) is 5.69 Å². The van der Waals surface area contributed by atoms with E-state index in [4.69, 9.17) is 4.42 Å². The molecule has 0 bridgehead atoms. The molecule has 13 heteroatoms. The van der Waals surface area contributed by atoms with E-state index in [2.05, 4.69) is 39.2 Å². The van der Waals surface area contributed by atoms with E-state index in [0.29, 0.717) is 70.9 Å². The number of amides is 2. The molecular formula is C36H42F3N5O5. The van der Waals surface area contributed by atoms with E-state index < -0.39 is 29.5 Å². The molecule has 6 rings (SSSR count). The molecule has 1 aromatic rings. The average molecular weight is 682 g/mol. The number of carboxylic acids is 1. The second-order valence-corrected chi connectivity index (χ2v) is 13.4. The smallest absolute Gasteiger partial charge is 0.437 e. The van der Waals surface area contributed by atoms with Gasteiger partial charge < -0.3 is 29.5 Å². The number of hydrogen-bond acceptors (Lipinski definition) is 7. The number of alkyl halides is 3. The first-order chi connectivity index (χ1) is 23.5. The Kier molecular flexibility index (Phi) is 10.2. The number of halogens is 3. The van der Waals surface area contributed by atoms with Crippen LogP contribution in [-0.2, 0) is 15.8 Å². The Hall–Kier alpha value is -4.51. The standard InChI is InChI=1S/C36H42F3N5O5/c1-23-7-12-28(13-14-29(23)42-19-21-43(22-20-42)33(46)26-8-10-27(11-9-26)34(47)48)40-32(45)30-31(36(37,38)39)41-35(49-30)44-17-15-25(16-18-44)24-5-3-2-4-6-24/h3,5-6,12-14,25-27H,2,4,8-11,15-22H2,1H3,(H,40,45)(H,47,48)/t26-,27-. The lowest BCUT2D eigenvalue weighted by Crippen LogP contribution is -2.50. The topological polar surface area (TPSA) is 119 Å². The minimum atomic E-state index is -4.89. The number of piperazine rings is 1. The molecule has 0 aromatic carbocycles. The number of aliphatic carboxylic acids is 1. The first-order valence-electron chi connectivity index (χ1n) is 17.1. The molecule has 2 amide bonds. The second kappa shape index (κ2) is 14.5. The van der Waals surface area contributed by atoms with Gasteiger partial charge >= 0.3 is 12.1 Å². The zero-order chi connectivity index (χ0) is 34.7. The van der Waals surface area contributed by atoms with Crippen molar-refractivity contribution in [1.29, 1.82) is 0 Å². The molecule has 49 heavy (non-hydrogen) atoms. The summed E-state index contributed by atoms with van der Waals surface area (Å²) < 4.78 is 47.6. The number of anilines is 1. The van der Waals surface area contributed by atoms with Crippen LogP contribution in [0.4, 0.5) is 19.2 Å². The summed E-state index contributed by atoms with van der Waals surface area (Å²) in [4.78, 5) is 47.0. The van der Waals surface area contributed by atoms with Gasteiger partial charge in [0.2, 0.25) is 11.7 Å². The SMILES string of the molecule is CC1=C=CC(NC(=O)c2oc(N3CCC(C4=CCCC=C4)CC3)nc2C(F)(F)F)=CC=C1N1CCN(C(=O)[C@H]2CC[C@H](C(=O)O)CC2)CC1. The van der Waals surface area contributed by atoms with Crippen LogP contribution in [0.5, 0.6) is 0 Å². The number of aromatic nitrogens is 1. The van der Waals surface area contributed by atoms with Gasteiger partial charge in [-0.15, -0.1) is 5.73 Å². The molecule has 2 saturated heterocycles. The largest absolute Gasteiger partial charge is 0.481 e. The summed E-state index contributed by atoms with van der Waals surface area (Å²) in [5.74, 6) is -2.85. The van der Waals surface area contributed by atoms with Crippen molar-refractivity contribution in [2.45, 2.75) is 64.5 Å². The number of carbonyl (C=O) groups is 3. The fourth-order valence-electron chi connectivity index (χ4n) is 7.35. The molecular weight excluding hydrogens is 639 g/mol. The molecule has 0 spiro atoms. The van der Waals surface area contributed by atoms with E-state index in [1.807, 2.05) is 11.8 Å². The summed E-state index contributed by atoms with van der Waals surface area (Å²) in [6, 6.07) is -0.210. The Balaban J connectivity index is 1.08. The van der Waals surface area contributed by atoms with E-state index in [-0.39, 0.29) is 29.5 Å². The second-order valence-electron chi connectivity index (χ2n) is 13.4. The van der Waals surface area contributed by atoms with Gasteiger partial charge in [0.1, 0.15) is 0 Å². The fourth-order valence-corrected chi connectivity index (χ4v) is 7.35. The monoisotopic (exact) mass is 681 g/mol. The van der Waals surface area contributed by atoms with Crippen LogP contribution in [0.1, 0.15) is 74.5 Å². The summed E-state index contributed by atoms with van der Waals surface area (Å²) in [7, 11) is 0. The van der Waals surface area contributed by atoms with Gasteiger partial charge in [-0.2, -0.15) is 18.2 Å². The molecule has 2 N–H and O–H groups in total. The van der Waals surface area contributed by atoms with E-state index in [1.54, 1.807) is 17.1 Å². The fraction of sp³-hybridized carbons (Fsp3) is 0.528. The quantitative estimate of drug-likeness (QED) is 0.345. The molecule has 1 aromatic heterocycles. The van der Waals surface area contributed by atoms with Gasteiger partial charge in [0, 0.05) is 68.2 Å². The molecule has 0 unspecified atom stereocenters. The van der Waals surface area contributed by atoms with Crippen molar-refractivity contribution in [3.05, 3.63) is 76.2 Å². The molecule has 0 atom stereocenters. The van der Waals surface area contributed by atoms with E-state index in [1.165, 1.54) is 11.6 Å². The van der Waals surface area contributed by atoms with E-state index in [9.17, 15) is 32.7 Å². The predicted molar refractivity (Wildman–Crippen MR) is 175 cm³/mol. The number of nitrogens with one attached hydrogen (secondary N) is 1.